The SMILES string of the molecule is Cc1ccccc1CN1CCCC(c2[nH]ncc2-c2ccccc2F)C1. The van der Waals surface area contributed by atoms with Crippen molar-refractivity contribution in [1.29, 1.82) is 0 Å². The minimum atomic E-state index is -0.192. The van der Waals surface area contributed by atoms with E-state index in [1.807, 2.05) is 12.1 Å². The van der Waals surface area contributed by atoms with E-state index in [4.69, 9.17) is 0 Å². The predicted molar refractivity (Wildman–Crippen MR) is 102 cm³/mol. The summed E-state index contributed by atoms with van der Waals surface area (Å²) in [5, 5.41) is 7.38. The highest BCUT2D eigenvalue weighted by molar-refractivity contribution is 5.66. The van der Waals surface area contributed by atoms with E-state index in [1.54, 1.807) is 12.3 Å². The Morgan fingerprint density at radius 1 is 1.12 bits per heavy atom. The molecule has 2 aromatic carbocycles. The van der Waals surface area contributed by atoms with Crippen molar-refractivity contribution in [2.24, 2.45) is 0 Å². The summed E-state index contributed by atoms with van der Waals surface area (Å²) in [6.07, 6.45) is 4.01. The van der Waals surface area contributed by atoms with Crippen molar-refractivity contribution in [2.45, 2.75) is 32.2 Å². The van der Waals surface area contributed by atoms with E-state index in [0.29, 0.717) is 11.5 Å². The van der Waals surface area contributed by atoms with Gasteiger partial charge in [-0.25, -0.2) is 4.39 Å². The molecular weight excluding hydrogens is 325 g/mol. The first kappa shape index (κ1) is 17.0. The molecule has 4 rings (SSSR count). The molecule has 1 fully saturated rings. The van der Waals surface area contributed by atoms with Crippen molar-refractivity contribution in [3.8, 4) is 11.1 Å². The number of aromatic nitrogens is 2. The van der Waals surface area contributed by atoms with Gasteiger partial charge >= 0.3 is 0 Å². The fourth-order valence-electron chi connectivity index (χ4n) is 3.96. The zero-order chi connectivity index (χ0) is 17.9. The number of hydrogen-bond acceptors (Lipinski definition) is 2. The lowest BCUT2D eigenvalue weighted by Crippen LogP contribution is -2.34. The molecule has 0 bridgehead atoms. The number of aryl methyl sites for hydroxylation is 1. The summed E-state index contributed by atoms with van der Waals surface area (Å²) in [7, 11) is 0. The summed E-state index contributed by atoms with van der Waals surface area (Å²) in [4.78, 5) is 2.50. The second-order valence-electron chi connectivity index (χ2n) is 7.18. The normalized spacial score (nSPS) is 18.2. The number of piperidine rings is 1. The van der Waals surface area contributed by atoms with Crippen LogP contribution in [0.5, 0.6) is 0 Å². The summed E-state index contributed by atoms with van der Waals surface area (Å²) >= 11 is 0. The molecule has 0 saturated carbocycles. The lowest BCUT2D eigenvalue weighted by molar-refractivity contribution is 0.198. The van der Waals surface area contributed by atoms with Crippen molar-refractivity contribution in [1.82, 2.24) is 15.1 Å². The van der Waals surface area contributed by atoms with Gasteiger partial charge in [-0.2, -0.15) is 5.10 Å². The smallest absolute Gasteiger partial charge is 0.131 e. The molecule has 0 spiro atoms. The van der Waals surface area contributed by atoms with Crippen LogP contribution in [0.15, 0.2) is 54.7 Å². The van der Waals surface area contributed by atoms with E-state index in [1.165, 1.54) is 17.2 Å². The quantitative estimate of drug-likeness (QED) is 0.726. The van der Waals surface area contributed by atoms with Gasteiger partial charge in [-0.15, -0.1) is 0 Å². The molecule has 3 aromatic rings. The molecule has 1 unspecified atom stereocenters. The van der Waals surface area contributed by atoms with Crippen LogP contribution in [-0.2, 0) is 6.54 Å². The van der Waals surface area contributed by atoms with Gasteiger partial charge < -0.3 is 0 Å². The molecule has 134 valence electrons. The third-order valence-electron chi connectivity index (χ3n) is 5.40. The summed E-state index contributed by atoms with van der Waals surface area (Å²) in [5.74, 6) is 0.160. The third kappa shape index (κ3) is 3.42. The van der Waals surface area contributed by atoms with Crippen molar-refractivity contribution >= 4 is 0 Å². The molecule has 0 amide bonds. The van der Waals surface area contributed by atoms with Gasteiger partial charge in [-0.1, -0.05) is 42.5 Å². The summed E-state index contributed by atoms with van der Waals surface area (Å²) in [6, 6.07) is 15.5. The lowest BCUT2D eigenvalue weighted by atomic mass is 9.90. The van der Waals surface area contributed by atoms with E-state index in [-0.39, 0.29) is 5.82 Å². The van der Waals surface area contributed by atoms with Crippen LogP contribution in [0.2, 0.25) is 0 Å². The summed E-state index contributed by atoms with van der Waals surface area (Å²) in [5.41, 5.74) is 5.30. The van der Waals surface area contributed by atoms with Crippen LogP contribution in [-0.4, -0.2) is 28.2 Å². The van der Waals surface area contributed by atoms with Crippen molar-refractivity contribution < 1.29 is 4.39 Å². The van der Waals surface area contributed by atoms with Crippen LogP contribution >= 0.6 is 0 Å². The molecule has 4 heteroatoms. The van der Waals surface area contributed by atoms with E-state index in [0.717, 1.165) is 43.7 Å². The maximum Gasteiger partial charge on any atom is 0.131 e. The molecule has 1 atom stereocenters. The zero-order valence-corrected chi connectivity index (χ0v) is 15.1. The number of rotatable bonds is 4. The van der Waals surface area contributed by atoms with Gasteiger partial charge in [0.2, 0.25) is 0 Å². The zero-order valence-electron chi connectivity index (χ0n) is 15.1. The molecule has 3 nitrogen and oxygen atoms in total. The Labute approximate surface area is 153 Å². The van der Waals surface area contributed by atoms with Crippen LogP contribution in [0.1, 0.15) is 35.6 Å². The maximum atomic E-state index is 14.3. The van der Waals surface area contributed by atoms with Gasteiger partial charge in [0.15, 0.2) is 0 Å². The lowest BCUT2D eigenvalue weighted by Gasteiger charge is -2.33. The maximum absolute atomic E-state index is 14.3. The van der Waals surface area contributed by atoms with Gasteiger partial charge in [0.05, 0.1) is 6.20 Å². The topological polar surface area (TPSA) is 31.9 Å². The fraction of sp³-hybridized carbons (Fsp3) is 0.318. The number of halogens is 1. The molecule has 1 aliphatic heterocycles. The van der Waals surface area contributed by atoms with Gasteiger partial charge in [0, 0.05) is 35.8 Å². The first-order valence-electron chi connectivity index (χ1n) is 9.27. The average molecular weight is 349 g/mol. The minimum Gasteiger partial charge on any atom is -0.298 e. The van der Waals surface area contributed by atoms with E-state index in [9.17, 15) is 4.39 Å². The number of H-pyrrole nitrogens is 1. The fourth-order valence-corrected chi connectivity index (χ4v) is 3.96. The van der Waals surface area contributed by atoms with Gasteiger partial charge in [-0.05, 0) is 43.5 Å². The standard InChI is InChI=1S/C22H24FN3/c1-16-7-2-3-8-17(16)14-26-12-6-9-18(15-26)22-20(13-24-25-22)19-10-4-5-11-21(19)23/h2-5,7-8,10-11,13,18H,6,9,12,14-15H2,1H3,(H,24,25). The van der Waals surface area contributed by atoms with Crippen LogP contribution in [0, 0.1) is 12.7 Å². The molecule has 26 heavy (non-hydrogen) atoms. The molecular formula is C22H24FN3. The molecule has 1 N–H and O–H groups in total. The van der Waals surface area contributed by atoms with Gasteiger partial charge in [-0.3, -0.25) is 10.00 Å². The summed E-state index contributed by atoms with van der Waals surface area (Å²) in [6.45, 7) is 5.21. The highest BCUT2D eigenvalue weighted by Gasteiger charge is 2.26. The number of hydrogen-bond donors (Lipinski definition) is 1. The Bertz CT molecular complexity index is 886. The third-order valence-corrected chi connectivity index (χ3v) is 5.40. The first-order valence-corrected chi connectivity index (χ1v) is 9.27. The minimum absolute atomic E-state index is 0.192. The number of aromatic amines is 1. The number of benzene rings is 2. The van der Waals surface area contributed by atoms with E-state index >= 15 is 0 Å². The average Bonchev–Trinajstić information content (AvgIpc) is 3.14. The van der Waals surface area contributed by atoms with Crippen LogP contribution in [0.4, 0.5) is 4.39 Å². The highest BCUT2D eigenvalue weighted by atomic mass is 19.1. The molecule has 2 heterocycles. The molecule has 1 saturated heterocycles. The van der Waals surface area contributed by atoms with E-state index in [2.05, 4.69) is 46.3 Å². The van der Waals surface area contributed by atoms with Crippen LogP contribution in [0.3, 0.4) is 0 Å². The molecule has 0 radical (unpaired) electrons. The summed E-state index contributed by atoms with van der Waals surface area (Å²) < 4.78 is 14.3. The molecule has 0 aliphatic carbocycles. The Balaban J connectivity index is 1.55. The van der Waals surface area contributed by atoms with Crippen LogP contribution in [0.25, 0.3) is 11.1 Å². The van der Waals surface area contributed by atoms with Crippen molar-refractivity contribution in [2.75, 3.05) is 13.1 Å². The second-order valence-corrected chi connectivity index (χ2v) is 7.18. The number of likely N-dealkylation sites (tertiary alicyclic amines) is 1. The largest absolute Gasteiger partial charge is 0.298 e. The Hall–Kier alpha value is -2.46. The molecule has 1 aliphatic rings. The van der Waals surface area contributed by atoms with Gasteiger partial charge in [0.1, 0.15) is 5.82 Å². The molecule has 1 aromatic heterocycles. The monoisotopic (exact) mass is 349 g/mol. The Kier molecular flexibility index (Phi) is 4.85. The van der Waals surface area contributed by atoms with Crippen molar-refractivity contribution in [3.05, 3.63) is 77.4 Å². The second kappa shape index (κ2) is 7.42. The van der Waals surface area contributed by atoms with Crippen LogP contribution < -0.4 is 0 Å². The van der Waals surface area contributed by atoms with E-state index < -0.39 is 0 Å². The van der Waals surface area contributed by atoms with Gasteiger partial charge in [0.25, 0.3) is 0 Å². The highest BCUT2D eigenvalue weighted by Crippen LogP contribution is 2.34. The predicted octanol–water partition coefficient (Wildman–Crippen LogP) is 4.90. The Morgan fingerprint density at radius 2 is 1.92 bits per heavy atom. The first-order chi connectivity index (χ1) is 12.7. The Morgan fingerprint density at radius 3 is 2.77 bits per heavy atom. The number of nitrogens with zero attached hydrogens (tertiary/aromatic N) is 2. The number of nitrogens with one attached hydrogen (secondary N) is 1. The van der Waals surface area contributed by atoms with Crippen molar-refractivity contribution in [3.63, 3.8) is 0 Å².